The highest BCUT2D eigenvalue weighted by Crippen LogP contribution is 2.29. The minimum Gasteiger partial charge on any atom is -0.338 e. The Labute approximate surface area is 110 Å². The monoisotopic (exact) mass is 266 g/mol. The third-order valence-electron chi connectivity index (χ3n) is 2.66. The van der Waals surface area contributed by atoms with Gasteiger partial charge in [0, 0.05) is 11.1 Å². The summed E-state index contributed by atoms with van der Waals surface area (Å²) in [6.45, 7) is 8.11. The van der Waals surface area contributed by atoms with E-state index >= 15 is 0 Å². The molecule has 0 unspecified atom stereocenters. The molecule has 0 saturated carbocycles. The summed E-state index contributed by atoms with van der Waals surface area (Å²) in [5, 5.41) is 6.96. The first-order valence-corrected chi connectivity index (χ1v) is 6.73. The number of aryl methyl sites for hydroxylation is 1. The van der Waals surface area contributed by atoms with E-state index in [0.29, 0.717) is 18.1 Å². The highest BCUT2D eigenvalue weighted by atomic mass is 32.1. The molecule has 0 saturated heterocycles. The molecule has 0 amide bonds. The zero-order valence-corrected chi connectivity index (χ0v) is 11.9. The minimum atomic E-state index is -0.253. The predicted molar refractivity (Wildman–Crippen MR) is 70.3 cm³/mol. The van der Waals surface area contributed by atoms with Gasteiger partial charge in [-0.3, -0.25) is 0 Å². The third-order valence-corrected chi connectivity index (χ3v) is 3.63. The lowest BCUT2D eigenvalue weighted by molar-refractivity contribution is 0.252. The van der Waals surface area contributed by atoms with E-state index in [-0.39, 0.29) is 11.5 Å². The van der Waals surface area contributed by atoms with Crippen molar-refractivity contribution < 1.29 is 4.52 Å². The fraction of sp³-hybridized carbons (Fsp3) is 0.583. The molecular weight excluding hydrogens is 248 g/mol. The van der Waals surface area contributed by atoms with Crippen LogP contribution in [-0.2, 0) is 6.42 Å². The van der Waals surface area contributed by atoms with Crippen molar-refractivity contribution in [2.75, 3.05) is 0 Å². The summed E-state index contributed by atoms with van der Waals surface area (Å²) in [5.74, 6) is 1.13. The maximum absolute atomic E-state index is 6.07. The van der Waals surface area contributed by atoms with Gasteiger partial charge >= 0.3 is 0 Å². The molecule has 0 aliphatic rings. The van der Waals surface area contributed by atoms with E-state index in [0.717, 1.165) is 10.7 Å². The normalized spacial score (nSPS) is 13.8. The SMILES string of the molecule is Cc1csc(Cc2noc([C@H](N)C(C)(C)C)n2)n1. The predicted octanol–water partition coefficient (Wildman–Crippen LogP) is 2.47. The Kier molecular flexibility index (Phi) is 3.49. The Morgan fingerprint density at radius 2 is 2.11 bits per heavy atom. The highest BCUT2D eigenvalue weighted by molar-refractivity contribution is 7.09. The summed E-state index contributed by atoms with van der Waals surface area (Å²) >= 11 is 1.60. The Hall–Kier alpha value is -1.27. The molecule has 98 valence electrons. The van der Waals surface area contributed by atoms with Gasteiger partial charge in [-0.2, -0.15) is 4.98 Å². The van der Waals surface area contributed by atoms with Crippen LogP contribution in [-0.4, -0.2) is 15.1 Å². The standard InChI is InChI=1S/C12H18N4OS/c1-7-6-18-9(14-7)5-8-15-11(17-16-8)10(13)12(2,3)4/h6,10H,5,13H2,1-4H3/t10-/m0/s1. The number of nitrogens with zero attached hydrogens (tertiary/aromatic N) is 3. The van der Waals surface area contributed by atoms with Gasteiger partial charge in [-0.15, -0.1) is 11.3 Å². The van der Waals surface area contributed by atoms with Gasteiger partial charge in [0.2, 0.25) is 5.89 Å². The Bertz CT molecular complexity index is 526. The van der Waals surface area contributed by atoms with E-state index in [4.69, 9.17) is 10.3 Å². The average molecular weight is 266 g/mol. The van der Waals surface area contributed by atoms with Crippen LogP contribution in [0.3, 0.4) is 0 Å². The Morgan fingerprint density at radius 1 is 1.39 bits per heavy atom. The van der Waals surface area contributed by atoms with E-state index in [9.17, 15) is 0 Å². The van der Waals surface area contributed by atoms with Gasteiger partial charge in [0.25, 0.3) is 0 Å². The first-order valence-electron chi connectivity index (χ1n) is 5.85. The lowest BCUT2D eigenvalue weighted by atomic mass is 9.87. The highest BCUT2D eigenvalue weighted by Gasteiger charge is 2.27. The minimum absolute atomic E-state index is 0.0957. The van der Waals surface area contributed by atoms with Crippen LogP contribution in [0.25, 0.3) is 0 Å². The van der Waals surface area contributed by atoms with E-state index in [1.807, 2.05) is 33.1 Å². The Balaban J connectivity index is 2.11. The van der Waals surface area contributed by atoms with Crippen LogP contribution in [0.2, 0.25) is 0 Å². The van der Waals surface area contributed by atoms with Crippen molar-refractivity contribution in [3.63, 3.8) is 0 Å². The van der Waals surface area contributed by atoms with Crippen LogP contribution >= 0.6 is 11.3 Å². The van der Waals surface area contributed by atoms with Crippen molar-refractivity contribution in [3.05, 3.63) is 27.8 Å². The molecule has 2 aromatic heterocycles. The second kappa shape index (κ2) is 4.78. The van der Waals surface area contributed by atoms with Crippen molar-refractivity contribution in [1.29, 1.82) is 0 Å². The number of thiazole rings is 1. The summed E-state index contributed by atoms with van der Waals surface area (Å²) in [6.07, 6.45) is 0.596. The zero-order valence-electron chi connectivity index (χ0n) is 11.1. The molecule has 0 aromatic carbocycles. The van der Waals surface area contributed by atoms with Crippen LogP contribution in [0.4, 0.5) is 0 Å². The lowest BCUT2D eigenvalue weighted by Crippen LogP contribution is -2.26. The summed E-state index contributed by atoms with van der Waals surface area (Å²) in [7, 11) is 0. The molecule has 0 aliphatic carbocycles. The van der Waals surface area contributed by atoms with E-state index in [2.05, 4.69) is 15.1 Å². The van der Waals surface area contributed by atoms with E-state index in [1.165, 1.54) is 0 Å². The van der Waals surface area contributed by atoms with E-state index in [1.54, 1.807) is 11.3 Å². The molecule has 0 spiro atoms. The summed E-state index contributed by atoms with van der Waals surface area (Å²) < 4.78 is 5.22. The largest absolute Gasteiger partial charge is 0.338 e. The average Bonchev–Trinajstić information content (AvgIpc) is 2.86. The first-order chi connectivity index (χ1) is 8.36. The number of aromatic nitrogens is 3. The van der Waals surface area contributed by atoms with Crippen LogP contribution in [0.1, 0.15) is 49.2 Å². The zero-order chi connectivity index (χ0) is 13.3. The van der Waals surface area contributed by atoms with Gasteiger partial charge in [0.05, 0.1) is 12.5 Å². The van der Waals surface area contributed by atoms with Gasteiger partial charge in [-0.05, 0) is 12.3 Å². The van der Waals surface area contributed by atoms with E-state index < -0.39 is 0 Å². The molecule has 0 radical (unpaired) electrons. The second-order valence-corrected chi connectivity index (χ2v) is 6.39. The molecule has 5 nitrogen and oxygen atoms in total. The summed E-state index contributed by atoms with van der Waals surface area (Å²) in [5.41, 5.74) is 7.00. The molecule has 18 heavy (non-hydrogen) atoms. The van der Waals surface area contributed by atoms with Gasteiger partial charge < -0.3 is 10.3 Å². The number of hydrogen-bond acceptors (Lipinski definition) is 6. The molecule has 0 bridgehead atoms. The van der Waals surface area contributed by atoms with Crippen molar-refractivity contribution in [2.45, 2.75) is 40.2 Å². The lowest BCUT2D eigenvalue weighted by Gasteiger charge is -2.23. The van der Waals surface area contributed by atoms with Crippen molar-refractivity contribution >= 4 is 11.3 Å². The van der Waals surface area contributed by atoms with Crippen LogP contribution in [0.5, 0.6) is 0 Å². The van der Waals surface area contributed by atoms with Gasteiger partial charge in [0.1, 0.15) is 5.01 Å². The second-order valence-electron chi connectivity index (χ2n) is 5.45. The molecule has 0 fully saturated rings. The van der Waals surface area contributed by atoms with Gasteiger partial charge in [-0.1, -0.05) is 25.9 Å². The summed E-state index contributed by atoms with van der Waals surface area (Å²) in [6, 6.07) is -0.253. The molecule has 2 N–H and O–H groups in total. The fourth-order valence-corrected chi connectivity index (χ4v) is 2.22. The quantitative estimate of drug-likeness (QED) is 0.923. The van der Waals surface area contributed by atoms with Crippen molar-refractivity contribution in [3.8, 4) is 0 Å². The topological polar surface area (TPSA) is 77.8 Å². The smallest absolute Gasteiger partial charge is 0.244 e. The maximum atomic E-state index is 6.07. The van der Waals surface area contributed by atoms with Crippen molar-refractivity contribution in [1.82, 2.24) is 15.1 Å². The summed E-state index contributed by atoms with van der Waals surface area (Å²) in [4.78, 5) is 8.72. The van der Waals surface area contributed by atoms with Gasteiger partial charge in [0.15, 0.2) is 5.82 Å². The third kappa shape index (κ3) is 2.94. The van der Waals surface area contributed by atoms with Crippen molar-refractivity contribution in [2.24, 2.45) is 11.1 Å². The van der Waals surface area contributed by atoms with Crippen LogP contribution in [0.15, 0.2) is 9.90 Å². The fourth-order valence-electron chi connectivity index (χ4n) is 1.46. The van der Waals surface area contributed by atoms with Gasteiger partial charge in [-0.25, -0.2) is 4.98 Å². The molecule has 1 atom stereocenters. The molecular formula is C12H18N4OS. The number of rotatable bonds is 3. The molecule has 6 heteroatoms. The van der Waals surface area contributed by atoms with Crippen LogP contribution < -0.4 is 5.73 Å². The maximum Gasteiger partial charge on any atom is 0.244 e. The molecule has 2 heterocycles. The first kappa shape index (κ1) is 13.2. The molecule has 2 aromatic rings. The molecule has 2 rings (SSSR count). The number of hydrogen-bond donors (Lipinski definition) is 1. The van der Waals surface area contributed by atoms with Crippen LogP contribution in [0, 0.1) is 12.3 Å². The molecule has 0 aliphatic heterocycles. The Morgan fingerprint density at radius 3 is 2.67 bits per heavy atom. The number of nitrogens with two attached hydrogens (primary N) is 1.